The molecule has 0 bridgehead atoms. The molecular formula is C12H19N3O3. The zero-order chi connectivity index (χ0) is 13.9. The van der Waals surface area contributed by atoms with Crippen LogP contribution in [0.1, 0.15) is 36.5 Å². The summed E-state index contributed by atoms with van der Waals surface area (Å²) in [6, 6.07) is 0.780. The quantitative estimate of drug-likeness (QED) is 0.827. The van der Waals surface area contributed by atoms with E-state index in [4.69, 9.17) is 0 Å². The molecule has 0 radical (unpaired) electrons. The molecule has 1 amide bonds. The molecule has 18 heavy (non-hydrogen) atoms. The molecule has 100 valence electrons. The van der Waals surface area contributed by atoms with Gasteiger partial charge in [-0.1, -0.05) is 13.8 Å². The minimum Gasteiger partial charge on any atom is -0.480 e. The molecule has 1 atom stereocenters. The van der Waals surface area contributed by atoms with E-state index < -0.39 is 12.0 Å². The van der Waals surface area contributed by atoms with Crippen molar-refractivity contribution in [3.05, 3.63) is 17.5 Å². The summed E-state index contributed by atoms with van der Waals surface area (Å²) in [5, 5.41) is 15.7. The molecule has 2 N–H and O–H groups in total. The van der Waals surface area contributed by atoms with E-state index in [2.05, 4.69) is 10.2 Å². The molecule has 0 saturated carbocycles. The second kappa shape index (κ2) is 5.66. The number of carbonyl (C=O) groups excluding carboxylic acids is 1. The Morgan fingerprint density at radius 3 is 2.50 bits per heavy atom. The van der Waals surface area contributed by atoms with Crippen LogP contribution in [0.15, 0.2) is 6.07 Å². The summed E-state index contributed by atoms with van der Waals surface area (Å²) in [6.45, 7) is 5.63. The molecule has 1 aromatic heterocycles. The van der Waals surface area contributed by atoms with Crippen LogP contribution in [0.2, 0.25) is 0 Å². The van der Waals surface area contributed by atoms with Crippen molar-refractivity contribution in [2.24, 2.45) is 5.92 Å². The minimum absolute atomic E-state index is 0.197. The summed E-state index contributed by atoms with van der Waals surface area (Å²) in [6.07, 6.45) is 0.418. The number of nitrogens with zero attached hydrogens (tertiary/aromatic N) is 2. The fourth-order valence-electron chi connectivity index (χ4n) is 1.72. The number of rotatable bonds is 5. The van der Waals surface area contributed by atoms with Crippen LogP contribution in [0.25, 0.3) is 0 Å². The number of hydrogen-bond donors (Lipinski definition) is 2. The Morgan fingerprint density at radius 1 is 1.50 bits per heavy atom. The number of likely N-dealkylation sites (N-methyl/N-ethyl adjacent to an activating group) is 1. The number of aromatic amines is 1. The Bertz CT molecular complexity index is 440. The zero-order valence-electron chi connectivity index (χ0n) is 11.1. The van der Waals surface area contributed by atoms with E-state index in [1.54, 1.807) is 13.0 Å². The number of hydrogen-bond acceptors (Lipinski definition) is 3. The smallest absolute Gasteiger partial charge is 0.326 e. The zero-order valence-corrected chi connectivity index (χ0v) is 11.1. The van der Waals surface area contributed by atoms with E-state index in [9.17, 15) is 14.7 Å². The number of aromatic nitrogens is 2. The molecule has 0 aliphatic carbocycles. The van der Waals surface area contributed by atoms with E-state index >= 15 is 0 Å². The number of aliphatic carboxylic acids is 1. The predicted octanol–water partition coefficient (Wildman–Crippen LogP) is 1.29. The molecule has 1 rings (SSSR count). The van der Waals surface area contributed by atoms with Crippen molar-refractivity contribution in [1.82, 2.24) is 15.1 Å². The Morgan fingerprint density at radius 2 is 2.11 bits per heavy atom. The highest BCUT2D eigenvalue weighted by Gasteiger charge is 2.28. The molecule has 0 aromatic carbocycles. The summed E-state index contributed by atoms with van der Waals surface area (Å²) in [5.41, 5.74) is 1.01. The van der Waals surface area contributed by atoms with Gasteiger partial charge in [-0.05, 0) is 25.3 Å². The lowest BCUT2D eigenvalue weighted by Crippen LogP contribution is -2.43. The third-order valence-corrected chi connectivity index (χ3v) is 2.69. The van der Waals surface area contributed by atoms with E-state index in [-0.39, 0.29) is 17.5 Å². The lowest BCUT2D eigenvalue weighted by atomic mass is 10.0. The molecule has 1 unspecified atom stereocenters. The number of aryl methyl sites for hydroxylation is 1. The SMILES string of the molecule is Cc1cc(C(=O)N(C)C(CC(C)C)C(=O)O)n[nH]1. The van der Waals surface area contributed by atoms with Gasteiger partial charge in [-0.2, -0.15) is 5.10 Å². The van der Waals surface area contributed by atoms with Gasteiger partial charge in [0, 0.05) is 12.7 Å². The van der Waals surface area contributed by atoms with Crippen molar-refractivity contribution in [2.45, 2.75) is 33.2 Å². The van der Waals surface area contributed by atoms with Gasteiger partial charge in [0.25, 0.3) is 5.91 Å². The van der Waals surface area contributed by atoms with Gasteiger partial charge in [0.05, 0.1) is 0 Å². The van der Waals surface area contributed by atoms with Gasteiger partial charge in [-0.3, -0.25) is 9.89 Å². The standard InChI is InChI=1S/C12H19N3O3/c1-7(2)5-10(12(17)18)15(4)11(16)9-6-8(3)13-14-9/h6-7,10H,5H2,1-4H3,(H,13,14)(H,17,18). The number of carboxylic acid groups (broad SMARTS) is 1. The second-order valence-corrected chi connectivity index (χ2v) is 4.84. The number of amides is 1. The number of carbonyl (C=O) groups is 2. The maximum atomic E-state index is 12.1. The minimum atomic E-state index is -0.994. The van der Waals surface area contributed by atoms with Crippen LogP contribution < -0.4 is 0 Å². The summed E-state index contributed by atoms with van der Waals surface area (Å²) in [5.74, 6) is -1.18. The average molecular weight is 253 g/mol. The number of H-pyrrole nitrogens is 1. The average Bonchev–Trinajstić information content (AvgIpc) is 2.70. The van der Waals surface area contributed by atoms with Gasteiger partial charge >= 0.3 is 5.97 Å². The van der Waals surface area contributed by atoms with Crippen LogP contribution in [0.3, 0.4) is 0 Å². The van der Waals surface area contributed by atoms with Gasteiger partial charge in [-0.15, -0.1) is 0 Å². The summed E-state index contributed by atoms with van der Waals surface area (Å²) in [7, 11) is 1.49. The maximum Gasteiger partial charge on any atom is 0.326 e. The highest BCUT2D eigenvalue weighted by Crippen LogP contribution is 2.13. The molecule has 0 fully saturated rings. The van der Waals surface area contributed by atoms with Crippen LogP contribution in [0.4, 0.5) is 0 Å². The lowest BCUT2D eigenvalue weighted by molar-refractivity contribution is -0.142. The molecule has 1 heterocycles. The van der Waals surface area contributed by atoms with Crippen LogP contribution in [-0.4, -0.2) is 45.2 Å². The lowest BCUT2D eigenvalue weighted by Gasteiger charge is -2.25. The third-order valence-electron chi connectivity index (χ3n) is 2.69. The molecule has 0 aliphatic heterocycles. The maximum absolute atomic E-state index is 12.1. The van der Waals surface area contributed by atoms with E-state index in [1.807, 2.05) is 13.8 Å². The van der Waals surface area contributed by atoms with Crippen LogP contribution in [-0.2, 0) is 4.79 Å². The summed E-state index contributed by atoms with van der Waals surface area (Å²) < 4.78 is 0. The largest absolute Gasteiger partial charge is 0.480 e. The normalized spacial score (nSPS) is 12.5. The molecule has 0 aliphatic rings. The molecular weight excluding hydrogens is 234 g/mol. The fraction of sp³-hybridized carbons (Fsp3) is 0.583. The van der Waals surface area contributed by atoms with Gasteiger partial charge in [0.15, 0.2) is 0 Å². The second-order valence-electron chi connectivity index (χ2n) is 4.84. The van der Waals surface area contributed by atoms with Crippen LogP contribution >= 0.6 is 0 Å². The van der Waals surface area contributed by atoms with Crippen LogP contribution in [0, 0.1) is 12.8 Å². The highest BCUT2D eigenvalue weighted by atomic mass is 16.4. The molecule has 6 nitrogen and oxygen atoms in total. The molecule has 0 spiro atoms. The molecule has 6 heteroatoms. The Hall–Kier alpha value is -1.85. The Kier molecular flexibility index (Phi) is 4.47. The van der Waals surface area contributed by atoms with Crippen molar-refractivity contribution in [1.29, 1.82) is 0 Å². The molecule has 0 saturated heterocycles. The van der Waals surface area contributed by atoms with Crippen LogP contribution in [0.5, 0.6) is 0 Å². The van der Waals surface area contributed by atoms with Gasteiger partial charge in [0.1, 0.15) is 11.7 Å². The molecule has 1 aromatic rings. The van der Waals surface area contributed by atoms with Crippen molar-refractivity contribution in [3.8, 4) is 0 Å². The monoisotopic (exact) mass is 253 g/mol. The van der Waals surface area contributed by atoms with Gasteiger partial charge in [0.2, 0.25) is 0 Å². The first-order valence-corrected chi connectivity index (χ1v) is 5.85. The Balaban J connectivity index is 2.86. The Labute approximate surface area is 106 Å². The van der Waals surface area contributed by atoms with Crippen molar-refractivity contribution >= 4 is 11.9 Å². The number of carboxylic acids is 1. The van der Waals surface area contributed by atoms with Crippen molar-refractivity contribution in [2.75, 3.05) is 7.05 Å². The summed E-state index contributed by atoms with van der Waals surface area (Å²) in [4.78, 5) is 24.5. The topological polar surface area (TPSA) is 86.3 Å². The fourth-order valence-corrected chi connectivity index (χ4v) is 1.72. The van der Waals surface area contributed by atoms with E-state index in [0.717, 1.165) is 5.69 Å². The van der Waals surface area contributed by atoms with Crippen molar-refractivity contribution in [3.63, 3.8) is 0 Å². The first-order chi connectivity index (χ1) is 8.32. The van der Waals surface area contributed by atoms with Gasteiger partial charge < -0.3 is 10.0 Å². The van der Waals surface area contributed by atoms with Crippen molar-refractivity contribution < 1.29 is 14.7 Å². The first-order valence-electron chi connectivity index (χ1n) is 5.85. The highest BCUT2D eigenvalue weighted by molar-refractivity contribution is 5.94. The predicted molar refractivity (Wildman–Crippen MR) is 66.3 cm³/mol. The van der Waals surface area contributed by atoms with E-state index in [1.165, 1.54) is 11.9 Å². The third kappa shape index (κ3) is 3.32. The van der Waals surface area contributed by atoms with Gasteiger partial charge in [-0.25, -0.2) is 4.79 Å². The summed E-state index contributed by atoms with van der Waals surface area (Å²) >= 11 is 0. The van der Waals surface area contributed by atoms with E-state index in [0.29, 0.717) is 6.42 Å². The number of nitrogens with one attached hydrogen (secondary N) is 1. The first kappa shape index (κ1) is 14.2.